The molecule has 0 unspecified atom stereocenters. The van der Waals surface area contributed by atoms with Crippen molar-refractivity contribution >= 4 is 11.0 Å². The summed E-state index contributed by atoms with van der Waals surface area (Å²) < 4.78 is 33.1. The molecule has 0 saturated heterocycles. The van der Waals surface area contributed by atoms with Crippen molar-refractivity contribution in [3.05, 3.63) is 58.6 Å². The lowest BCUT2D eigenvalue weighted by Crippen LogP contribution is -2.21. The summed E-state index contributed by atoms with van der Waals surface area (Å²) in [6.07, 6.45) is 1.48. The Kier molecular flexibility index (Phi) is 5.14. The highest BCUT2D eigenvalue weighted by Gasteiger charge is 2.27. The molecule has 0 fully saturated rings. The number of fused-ring (bicyclic) bond motifs is 1. The Morgan fingerprint density at radius 3 is 2.48 bits per heavy atom. The fourth-order valence-corrected chi connectivity index (χ4v) is 3.25. The molecule has 1 N–H and O–H groups in total. The normalized spacial score (nSPS) is 14.5. The van der Waals surface area contributed by atoms with Gasteiger partial charge in [0.1, 0.15) is 41.1 Å². The number of hydrogen-bond acceptors (Lipinski definition) is 8. The second kappa shape index (κ2) is 7.79. The van der Waals surface area contributed by atoms with Crippen molar-refractivity contribution in [1.82, 2.24) is 0 Å². The minimum atomic E-state index is -0.745. The van der Waals surface area contributed by atoms with Crippen molar-refractivity contribution in [3.63, 3.8) is 0 Å². The summed E-state index contributed by atoms with van der Waals surface area (Å²) in [6, 6.07) is 9.39. The third-order valence-electron chi connectivity index (χ3n) is 4.68. The van der Waals surface area contributed by atoms with Gasteiger partial charge in [0.2, 0.25) is 5.79 Å². The van der Waals surface area contributed by atoms with E-state index in [1.54, 1.807) is 38.1 Å². The van der Waals surface area contributed by atoms with Gasteiger partial charge >= 0.3 is 0 Å². The van der Waals surface area contributed by atoms with Gasteiger partial charge in [-0.1, -0.05) is 0 Å². The molecule has 4 rings (SSSR count). The number of phenols is 1. The highest BCUT2D eigenvalue weighted by atomic mass is 16.7. The maximum atomic E-state index is 12.7. The Balaban J connectivity index is 1.68. The van der Waals surface area contributed by atoms with E-state index in [9.17, 15) is 9.90 Å². The summed E-state index contributed by atoms with van der Waals surface area (Å²) in [5, 5.41) is 10.4. The molecule has 0 bridgehead atoms. The van der Waals surface area contributed by atoms with Crippen LogP contribution in [0, 0.1) is 0 Å². The van der Waals surface area contributed by atoms with E-state index < -0.39 is 5.79 Å². The minimum absolute atomic E-state index is 0.0670. The summed E-state index contributed by atoms with van der Waals surface area (Å²) >= 11 is 0. The average molecular weight is 426 g/mol. The Morgan fingerprint density at radius 1 is 1.03 bits per heavy atom. The molecule has 0 radical (unpaired) electrons. The van der Waals surface area contributed by atoms with Crippen LogP contribution in [0.1, 0.15) is 13.8 Å². The molecule has 2 aromatic carbocycles. The van der Waals surface area contributed by atoms with E-state index in [0.29, 0.717) is 34.3 Å². The summed E-state index contributed by atoms with van der Waals surface area (Å²) in [4.78, 5) is 12.7. The molecule has 1 aliphatic heterocycles. The van der Waals surface area contributed by atoms with E-state index >= 15 is 0 Å². The number of methoxy groups -OCH3 is 2. The van der Waals surface area contributed by atoms with Crippen LogP contribution in [0.5, 0.6) is 23.0 Å². The molecule has 0 atom stereocenters. The predicted octanol–water partition coefficient (Wildman–Crippen LogP) is 4.19. The van der Waals surface area contributed by atoms with Crippen molar-refractivity contribution in [3.8, 4) is 34.3 Å². The molecular weight excluding hydrogens is 404 g/mol. The molecule has 2 heterocycles. The van der Waals surface area contributed by atoms with E-state index in [1.165, 1.54) is 32.6 Å². The Bertz CT molecular complexity index is 1220. The summed E-state index contributed by atoms with van der Waals surface area (Å²) in [5.41, 5.74) is 0.420. The van der Waals surface area contributed by atoms with E-state index in [4.69, 9.17) is 28.1 Å². The minimum Gasteiger partial charge on any atom is -0.507 e. The van der Waals surface area contributed by atoms with Gasteiger partial charge in [-0.05, 0) is 18.2 Å². The van der Waals surface area contributed by atoms with Crippen LogP contribution < -0.4 is 19.6 Å². The van der Waals surface area contributed by atoms with Crippen LogP contribution in [0.15, 0.2) is 57.6 Å². The SMILES string of the molecule is COc1ccc(-c2cc(=O)c3c(O)cc(OCC4=COC(C)(C)O4)cc3o2)cc1OC. The van der Waals surface area contributed by atoms with Gasteiger partial charge in [-0.15, -0.1) is 0 Å². The van der Waals surface area contributed by atoms with E-state index in [0.717, 1.165) is 0 Å². The molecule has 8 heteroatoms. The lowest BCUT2D eigenvalue weighted by atomic mass is 10.1. The monoisotopic (exact) mass is 426 g/mol. The average Bonchev–Trinajstić information content (AvgIpc) is 3.09. The van der Waals surface area contributed by atoms with Gasteiger partial charge in [-0.25, -0.2) is 0 Å². The molecule has 0 amide bonds. The fraction of sp³-hybridized carbons (Fsp3) is 0.261. The number of phenolic OH excluding ortho intramolecular Hbond substituents is 1. The molecule has 1 aromatic heterocycles. The first-order chi connectivity index (χ1) is 14.8. The first-order valence-corrected chi connectivity index (χ1v) is 9.51. The van der Waals surface area contributed by atoms with E-state index in [1.807, 2.05) is 0 Å². The van der Waals surface area contributed by atoms with Crippen LogP contribution in [0.2, 0.25) is 0 Å². The van der Waals surface area contributed by atoms with Crippen molar-refractivity contribution < 1.29 is 33.2 Å². The zero-order valence-electron chi connectivity index (χ0n) is 17.6. The topological polar surface area (TPSA) is 96.6 Å². The summed E-state index contributed by atoms with van der Waals surface area (Å²) in [6.45, 7) is 3.65. The molecule has 3 aromatic rings. The Labute approximate surface area is 178 Å². The van der Waals surface area contributed by atoms with E-state index in [2.05, 4.69) is 0 Å². The molecule has 0 saturated carbocycles. The second-order valence-corrected chi connectivity index (χ2v) is 7.35. The van der Waals surface area contributed by atoms with Gasteiger partial charge in [0.25, 0.3) is 0 Å². The van der Waals surface area contributed by atoms with Crippen LogP contribution in [-0.4, -0.2) is 31.7 Å². The maximum absolute atomic E-state index is 12.7. The lowest BCUT2D eigenvalue weighted by Gasteiger charge is -2.18. The molecule has 0 aliphatic carbocycles. The highest BCUT2D eigenvalue weighted by molar-refractivity contribution is 5.86. The van der Waals surface area contributed by atoms with Gasteiger partial charge in [-0.2, -0.15) is 0 Å². The van der Waals surface area contributed by atoms with Crippen molar-refractivity contribution in [1.29, 1.82) is 0 Å². The van der Waals surface area contributed by atoms with Crippen LogP contribution in [-0.2, 0) is 9.47 Å². The van der Waals surface area contributed by atoms with Crippen molar-refractivity contribution in [2.75, 3.05) is 20.8 Å². The van der Waals surface area contributed by atoms with Gasteiger partial charge in [-0.3, -0.25) is 4.79 Å². The van der Waals surface area contributed by atoms with Gasteiger partial charge in [0, 0.05) is 37.6 Å². The number of ether oxygens (including phenoxy) is 5. The third kappa shape index (κ3) is 4.09. The molecule has 8 nitrogen and oxygen atoms in total. The zero-order chi connectivity index (χ0) is 22.2. The maximum Gasteiger partial charge on any atom is 0.244 e. The van der Waals surface area contributed by atoms with Crippen molar-refractivity contribution in [2.24, 2.45) is 0 Å². The zero-order valence-corrected chi connectivity index (χ0v) is 17.6. The largest absolute Gasteiger partial charge is 0.507 e. The first-order valence-electron chi connectivity index (χ1n) is 9.51. The predicted molar refractivity (Wildman–Crippen MR) is 113 cm³/mol. The Hall–Kier alpha value is -3.81. The summed E-state index contributed by atoms with van der Waals surface area (Å²) in [7, 11) is 3.06. The molecule has 162 valence electrons. The molecule has 31 heavy (non-hydrogen) atoms. The van der Waals surface area contributed by atoms with Crippen LogP contribution in [0.4, 0.5) is 0 Å². The highest BCUT2D eigenvalue weighted by Crippen LogP contribution is 2.35. The van der Waals surface area contributed by atoms with Crippen LogP contribution in [0.3, 0.4) is 0 Å². The van der Waals surface area contributed by atoms with Gasteiger partial charge in [0.05, 0.1) is 14.2 Å². The number of aromatic hydroxyl groups is 1. The smallest absolute Gasteiger partial charge is 0.244 e. The van der Waals surface area contributed by atoms with E-state index in [-0.39, 0.29) is 28.8 Å². The standard InChI is InChI=1S/C23H22O8/c1-23(2)29-12-15(31-23)11-28-14-8-16(24)22-17(25)10-19(30-21(22)9-14)13-5-6-18(26-3)20(7-13)27-4/h5-10,12,24H,11H2,1-4H3. The van der Waals surface area contributed by atoms with Gasteiger partial charge in [0.15, 0.2) is 22.7 Å². The fourth-order valence-electron chi connectivity index (χ4n) is 3.25. The molecule has 0 spiro atoms. The second-order valence-electron chi connectivity index (χ2n) is 7.35. The number of hydrogen-bond donors (Lipinski definition) is 1. The number of benzene rings is 2. The third-order valence-corrected chi connectivity index (χ3v) is 4.68. The first kappa shape index (κ1) is 20.5. The van der Waals surface area contributed by atoms with Crippen molar-refractivity contribution in [2.45, 2.75) is 19.6 Å². The molecule has 1 aliphatic rings. The van der Waals surface area contributed by atoms with Crippen LogP contribution >= 0.6 is 0 Å². The van der Waals surface area contributed by atoms with Crippen LogP contribution in [0.25, 0.3) is 22.3 Å². The summed E-state index contributed by atoms with van der Waals surface area (Å²) in [5.74, 6) is 1.20. The molecular formula is C23H22O8. The lowest BCUT2D eigenvalue weighted by molar-refractivity contribution is -0.119. The Morgan fingerprint density at radius 2 is 1.81 bits per heavy atom. The number of rotatable bonds is 6. The quantitative estimate of drug-likeness (QED) is 0.627. The van der Waals surface area contributed by atoms with Gasteiger partial charge < -0.3 is 33.2 Å².